The molecule has 0 bridgehead atoms. The molecule has 1 N–H and O–H groups in total. The van der Waals surface area contributed by atoms with Crippen molar-refractivity contribution in [3.63, 3.8) is 0 Å². The van der Waals surface area contributed by atoms with E-state index in [1.807, 2.05) is 0 Å². The first kappa shape index (κ1) is 16.9. The predicted molar refractivity (Wildman–Crippen MR) is 81.2 cm³/mol. The second-order valence-corrected chi connectivity index (χ2v) is 5.02. The molecule has 0 aliphatic carbocycles. The van der Waals surface area contributed by atoms with E-state index in [0.717, 1.165) is 12.8 Å². The molecule has 0 aromatic carbocycles. The molecule has 7 heteroatoms. The Labute approximate surface area is 125 Å². The number of unbranched alkanes of at least 4 members (excludes halogenated alkanes) is 1. The molecule has 2 amide bonds. The fourth-order valence-electron chi connectivity index (χ4n) is 1.63. The van der Waals surface area contributed by atoms with Crippen LogP contribution in [0.25, 0.3) is 0 Å². The lowest BCUT2D eigenvalue weighted by Crippen LogP contribution is -2.36. The highest BCUT2D eigenvalue weighted by atomic mass is 16.2. The van der Waals surface area contributed by atoms with Crippen molar-refractivity contribution in [1.82, 2.24) is 20.2 Å². The zero-order valence-electron chi connectivity index (χ0n) is 13.1. The maximum atomic E-state index is 11.8. The normalized spacial score (nSPS) is 10.1. The summed E-state index contributed by atoms with van der Waals surface area (Å²) in [6.07, 6.45) is 4.95. The molecule has 0 atom stereocenters. The Morgan fingerprint density at radius 3 is 2.57 bits per heavy atom. The summed E-state index contributed by atoms with van der Waals surface area (Å²) in [5.74, 6) is 0.204. The van der Waals surface area contributed by atoms with E-state index in [1.165, 1.54) is 17.3 Å². The summed E-state index contributed by atoms with van der Waals surface area (Å²) in [7, 11) is 5.05. The fraction of sp³-hybridized carbons (Fsp3) is 0.571. The number of hydrogen-bond donors (Lipinski definition) is 1. The number of nitrogens with zero attached hydrogens (tertiary/aromatic N) is 4. The van der Waals surface area contributed by atoms with Gasteiger partial charge in [0.25, 0.3) is 5.91 Å². The largest absolute Gasteiger partial charge is 0.355 e. The highest BCUT2D eigenvalue weighted by Gasteiger charge is 2.14. The van der Waals surface area contributed by atoms with Crippen molar-refractivity contribution in [2.75, 3.05) is 39.1 Å². The Morgan fingerprint density at radius 1 is 1.24 bits per heavy atom. The first-order chi connectivity index (χ1) is 9.95. The Morgan fingerprint density at radius 2 is 1.95 bits per heavy atom. The third kappa shape index (κ3) is 5.37. The van der Waals surface area contributed by atoms with E-state index in [4.69, 9.17) is 0 Å². The van der Waals surface area contributed by atoms with Gasteiger partial charge in [0, 0.05) is 27.7 Å². The van der Waals surface area contributed by atoms with Gasteiger partial charge in [-0.25, -0.2) is 4.98 Å². The van der Waals surface area contributed by atoms with Crippen molar-refractivity contribution in [2.24, 2.45) is 0 Å². The molecule has 7 nitrogen and oxygen atoms in total. The zero-order chi connectivity index (χ0) is 15.8. The van der Waals surface area contributed by atoms with Gasteiger partial charge in [0.05, 0.1) is 18.9 Å². The van der Waals surface area contributed by atoms with Crippen LogP contribution in [0.1, 0.15) is 30.3 Å². The molecule has 0 unspecified atom stereocenters. The van der Waals surface area contributed by atoms with Crippen LogP contribution >= 0.6 is 0 Å². The minimum atomic E-state index is -0.217. The second-order valence-electron chi connectivity index (χ2n) is 5.02. The molecule has 116 valence electrons. The van der Waals surface area contributed by atoms with Crippen LogP contribution in [0.2, 0.25) is 0 Å². The first-order valence-electron chi connectivity index (χ1n) is 6.97. The predicted octanol–water partition coefficient (Wildman–Crippen LogP) is 0.531. The fourth-order valence-corrected chi connectivity index (χ4v) is 1.63. The second kappa shape index (κ2) is 8.18. The SMILES string of the molecule is CCCCNC(=O)CN(C)c1cncc(C(=O)N(C)C)n1. The number of nitrogens with one attached hydrogen (secondary N) is 1. The van der Waals surface area contributed by atoms with Gasteiger partial charge in [-0.3, -0.25) is 14.6 Å². The summed E-state index contributed by atoms with van der Waals surface area (Å²) in [5, 5.41) is 2.84. The summed E-state index contributed by atoms with van der Waals surface area (Å²) in [6, 6.07) is 0. The van der Waals surface area contributed by atoms with Crippen LogP contribution in [0.4, 0.5) is 5.82 Å². The van der Waals surface area contributed by atoms with Crippen molar-refractivity contribution in [1.29, 1.82) is 0 Å². The maximum Gasteiger partial charge on any atom is 0.273 e. The average molecular weight is 293 g/mol. The number of carbonyl (C=O) groups excluding carboxylic acids is 2. The molecule has 0 aliphatic heterocycles. The zero-order valence-corrected chi connectivity index (χ0v) is 13.1. The van der Waals surface area contributed by atoms with E-state index >= 15 is 0 Å². The lowest BCUT2D eigenvalue weighted by molar-refractivity contribution is -0.119. The van der Waals surface area contributed by atoms with E-state index in [0.29, 0.717) is 12.4 Å². The summed E-state index contributed by atoms with van der Waals surface area (Å²) in [4.78, 5) is 34.9. The molecule has 0 spiro atoms. The van der Waals surface area contributed by atoms with Crippen molar-refractivity contribution in [2.45, 2.75) is 19.8 Å². The Hall–Kier alpha value is -2.18. The highest BCUT2D eigenvalue weighted by molar-refractivity contribution is 5.92. The molecule has 1 rings (SSSR count). The van der Waals surface area contributed by atoms with Gasteiger partial charge in [-0.2, -0.15) is 0 Å². The summed E-state index contributed by atoms with van der Waals surface area (Å²) in [5.41, 5.74) is 0.260. The first-order valence-corrected chi connectivity index (χ1v) is 6.97. The van der Waals surface area contributed by atoms with Crippen LogP contribution < -0.4 is 10.2 Å². The highest BCUT2D eigenvalue weighted by Crippen LogP contribution is 2.08. The Balaban J connectivity index is 2.66. The average Bonchev–Trinajstić information content (AvgIpc) is 2.46. The van der Waals surface area contributed by atoms with E-state index < -0.39 is 0 Å². The molecule has 21 heavy (non-hydrogen) atoms. The van der Waals surface area contributed by atoms with E-state index in [9.17, 15) is 9.59 Å². The van der Waals surface area contributed by atoms with Gasteiger partial charge in [0.2, 0.25) is 5.91 Å². The van der Waals surface area contributed by atoms with Crippen molar-refractivity contribution >= 4 is 17.6 Å². The summed E-state index contributed by atoms with van der Waals surface area (Å²) >= 11 is 0. The quantitative estimate of drug-likeness (QED) is 0.742. The third-order valence-corrected chi connectivity index (χ3v) is 2.87. The number of aromatic nitrogens is 2. The lowest BCUT2D eigenvalue weighted by atomic mass is 10.3. The van der Waals surface area contributed by atoms with Crippen LogP contribution in [-0.2, 0) is 4.79 Å². The maximum absolute atomic E-state index is 11.8. The lowest BCUT2D eigenvalue weighted by Gasteiger charge is -2.18. The number of carbonyl (C=O) groups is 2. The van der Waals surface area contributed by atoms with Gasteiger partial charge in [-0.15, -0.1) is 0 Å². The summed E-state index contributed by atoms with van der Waals surface area (Å²) in [6.45, 7) is 2.92. The minimum absolute atomic E-state index is 0.0721. The smallest absolute Gasteiger partial charge is 0.273 e. The van der Waals surface area contributed by atoms with Crippen molar-refractivity contribution < 1.29 is 9.59 Å². The Kier molecular flexibility index (Phi) is 6.58. The standard InChI is InChI=1S/C14H23N5O2/c1-5-6-7-16-13(20)10-19(4)12-9-15-8-11(17-12)14(21)18(2)3/h8-9H,5-7,10H2,1-4H3,(H,16,20). The number of hydrogen-bond acceptors (Lipinski definition) is 5. The molecule has 1 aromatic rings. The van der Waals surface area contributed by atoms with Gasteiger partial charge < -0.3 is 15.1 Å². The van der Waals surface area contributed by atoms with Gasteiger partial charge in [0.1, 0.15) is 11.5 Å². The van der Waals surface area contributed by atoms with E-state index in [2.05, 4.69) is 22.2 Å². The van der Waals surface area contributed by atoms with Crippen LogP contribution in [-0.4, -0.2) is 60.9 Å². The van der Waals surface area contributed by atoms with Crippen molar-refractivity contribution in [3.8, 4) is 0 Å². The molecular weight excluding hydrogens is 270 g/mol. The van der Waals surface area contributed by atoms with Crippen LogP contribution in [0, 0.1) is 0 Å². The molecule has 0 saturated carbocycles. The topological polar surface area (TPSA) is 78.4 Å². The van der Waals surface area contributed by atoms with Gasteiger partial charge in [-0.05, 0) is 6.42 Å². The van der Waals surface area contributed by atoms with Crippen LogP contribution in [0.3, 0.4) is 0 Å². The third-order valence-electron chi connectivity index (χ3n) is 2.87. The van der Waals surface area contributed by atoms with Gasteiger partial charge in [-0.1, -0.05) is 13.3 Å². The van der Waals surface area contributed by atoms with Crippen molar-refractivity contribution in [3.05, 3.63) is 18.1 Å². The molecule has 0 fully saturated rings. The van der Waals surface area contributed by atoms with Gasteiger partial charge >= 0.3 is 0 Å². The van der Waals surface area contributed by atoms with E-state index in [-0.39, 0.29) is 24.1 Å². The molecule has 0 aliphatic rings. The van der Waals surface area contributed by atoms with E-state index in [1.54, 1.807) is 26.0 Å². The molecule has 0 saturated heterocycles. The monoisotopic (exact) mass is 293 g/mol. The molecule has 0 radical (unpaired) electrons. The number of rotatable bonds is 7. The number of likely N-dealkylation sites (N-methyl/N-ethyl adjacent to an activating group) is 1. The van der Waals surface area contributed by atoms with Crippen LogP contribution in [0.5, 0.6) is 0 Å². The summed E-state index contributed by atoms with van der Waals surface area (Å²) < 4.78 is 0. The Bertz CT molecular complexity index is 490. The molecule has 1 aromatic heterocycles. The minimum Gasteiger partial charge on any atom is -0.355 e. The van der Waals surface area contributed by atoms with Crippen LogP contribution in [0.15, 0.2) is 12.4 Å². The number of amides is 2. The molecule has 1 heterocycles. The molecular formula is C14H23N5O2. The van der Waals surface area contributed by atoms with Gasteiger partial charge in [0.15, 0.2) is 0 Å². The number of anilines is 1.